The maximum absolute atomic E-state index is 14.8. The zero-order chi connectivity index (χ0) is 97.5. The summed E-state index contributed by atoms with van der Waals surface area (Å²) in [7, 11) is -11.7. The van der Waals surface area contributed by atoms with Crippen LogP contribution in [0.4, 0.5) is 27.1 Å². The lowest BCUT2D eigenvalue weighted by Crippen LogP contribution is -2.14. The molecule has 16 aromatic rings. The smallest absolute Gasteiger partial charge is 0.259 e. The predicted octanol–water partition coefficient (Wildman–Crippen LogP) is 19.3. The van der Waals surface area contributed by atoms with Crippen molar-refractivity contribution in [2.24, 2.45) is 38.4 Å². The van der Waals surface area contributed by atoms with Gasteiger partial charge in [-0.15, -0.1) is 0 Å². The fourth-order valence-corrected chi connectivity index (χ4v) is 16.2. The van der Waals surface area contributed by atoms with Gasteiger partial charge in [0, 0.05) is 56.9 Å². The van der Waals surface area contributed by atoms with E-state index in [1.807, 2.05) is 49.4 Å². The zero-order valence-corrected chi connectivity index (χ0v) is 75.4. The lowest BCUT2D eigenvalue weighted by molar-refractivity contribution is 0.101. The summed E-state index contributed by atoms with van der Waals surface area (Å²) in [5.41, 5.74) is 33.7. The first-order valence-corrected chi connectivity index (χ1v) is 46.3. The van der Waals surface area contributed by atoms with Crippen LogP contribution in [0.15, 0.2) is 397 Å². The molecular formula is C105H89FN14O14S3. The van der Waals surface area contributed by atoms with Gasteiger partial charge in [-0.2, -0.15) is 0 Å². The van der Waals surface area contributed by atoms with E-state index in [4.69, 9.17) is 73.5 Å². The monoisotopic (exact) mass is 1880 g/mol. The maximum Gasteiger partial charge on any atom is 0.259 e. The highest BCUT2D eigenvalue weighted by Gasteiger charge is 2.24. The molecule has 137 heavy (non-hydrogen) atoms. The minimum absolute atomic E-state index is 0.0112. The summed E-state index contributed by atoms with van der Waals surface area (Å²) in [5, 5.41) is 49.9. The van der Waals surface area contributed by atoms with Crippen molar-refractivity contribution in [1.29, 1.82) is 16.2 Å². The number of amides is 4. The largest absolute Gasteiger partial charge is 0.457 e. The highest BCUT2D eigenvalue weighted by molar-refractivity contribution is 7.89. The number of rotatable bonds is 27. The predicted molar refractivity (Wildman–Crippen MR) is 531 cm³/mol. The topological polar surface area (TPSA) is 509 Å². The van der Waals surface area contributed by atoms with Crippen LogP contribution in [0.3, 0.4) is 0 Å². The van der Waals surface area contributed by atoms with Gasteiger partial charge in [0.25, 0.3) is 23.6 Å². The number of ether oxygens (including phenoxy) is 4. The third-order valence-electron chi connectivity index (χ3n) is 20.6. The average molecular weight is 1890 g/mol. The number of amidine groups is 3. The van der Waals surface area contributed by atoms with E-state index in [1.54, 1.807) is 315 Å². The van der Waals surface area contributed by atoms with Crippen molar-refractivity contribution in [3.8, 4) is 90.5 Å². The van der Waals surface area contributed by atoms with Crippen molar-refractivity contribution in [3.63, 3.8) is 0 Å². The van der Waals surface area contributed by atoms with Crippen LogP contribution in [0.1, 0.15) is 69.2 Å². The molecule has 0 saturated heterocycles. The first-order valence-electron chi connectivity index (χ1n) is 41.7. The van der Waals surface area contributed by atoms with Crippen LogP contribution in [0.2, 0.25) is 0 Å². The molecule has 0 atom stereocenters. The summed E-state index contributed by atoms with van der Waals surface area (Å²) in [4.78, 5) is 51.9. The van der Waals surface area contributed by atoms with Crippen LogP contribution in [-0.4, -0.2) is 66.4 Å². The summed E-state index contributed by atoms with van der Waals surface area (Å²) in [6.45, 7) is 2.35. The Bertz CT molecular complexity index is 7610. The Labute approximate surface area is 789 Å². The number of para-hydroxylation sites is 5. The quantitative estimate of drug-likeness (QED) is 0.0168. The molecule has 0 aromatic heterocycles. The van der Waals surface area contributed by atoms with E-state index in [9.17, 15) is 48.8 Å². The van der Waals surface area contributed by atoms with Crippen LogP contribution in [0.25, 0.3) is 44.5 Å². The number of sulfonamides is 3. The molecule has 0 heterocycles. The molecule has 4 amide bonds. The Kier molecular flexibility index (Phi) is 31.4. The SMILES string of the molecule is Cc1ccccc1-c1ccc(NC(=O)c2ccccc2Oc2cccc(C(=N)N)c2)c(F)c1.N=C(N)c1cccc(Oc2ccccc2C(=O)Nc2ccc(-c3ccccc3S(N)(=O)=O)cc2)c1.N=C(N)c1cccc(Oc2ccccc2NC(=O)c2ccc(-c3ccccc3S(N)(=O)=O)cc2)c1.NCc1cccc(Oc2ccccc2C(=O)Nc2ccc(-c3ccccc3S(N)(=O)=O)cc2)c1. The van der Waals surface area contributed by atoms with E-state index in [-0.39, 0.29) is 61.2 Å². The van der Waals surface area contributed by atoms with E-state index in [0.29, 0.717) is 136 Å². The van der Waals surface area contributed by atoms with Crippen LogP contribution in [0, 0.1) is 29.0 Å². The number of nitrogen functional groups attached to an aromatic ring is 3. The van der Waals surface area contributed by atoms with Gasteiger partial charge in [0.05, 0.1) is 42.8 Å². The normalized spacial score (nSPS) is 10.9. The van der Waals surface area contributed by atoms with E-state index in [2.05, 4.69) is 21.3 Å². The van der Waals surface area contributed by atoms with Gasteiger partial charge < -0.3 is 63.1 Å². The second-order valence-electron chi connectivity index (χ2n) is 30.3. The number of nitrogens with one attached hydrogen (secondary N) is 7. The molecular weight excluding hydrogens is 1800 g/mol. The van der Waals surface area contributed by atoms with Gasteiger partial charge in [-0.05, 0) is 210 Å². The molecule has 0 aliphatic heterocycles. The van der Waals surface area contributed by atoms with Gasteiger partial charge in [0.15, 0.2) is 5.75 Å². The second-order valence-corrected chi connectivity index (χ2v) is 34.8. The van der Waals surface area contributed by atoms with Gasteiger partial charge in [-0.1, -0.05) is 218 Å². The summed E-state index contributed by atoms with van der Waals surface area (Å²) in [5.74, 6) is 0.998. The van der Waals surface area contributed by atoms with Crippen molar-refractivity contribution in [1.82, 2.24) is 0 Å². The van der Waals surface area contributed by atoms with E-state index < -0.39 is 41.8 Å². The molecule has 28 nitrogen and oxygen atoms in total. The molecule has 0 aliphatic rings. The number of hydrogen-bond acceptors (Lipinski definition) is 18. The molecule has 0 saturated carbocycles. The molecule has 0 radical (unpaired) electrons. The van der Waals surface area contributed by atoms with Crippen molar-refractivity contribution in [2.75, 3.05) is 21.3 Å². The lowest BCUT2D eigenvalue weighted by Gasteiger charge is -2.13. The summed E-state index contributed by atoms with van der Waals surface area (Å²) < 4.78 is 110. The number of carbonyl (C=O) groups is 4. The zero-order valence-electron chi connectivity index (χ0n) is 72.9. The first-order chi connectivity index (χ1) is 65.7. The molecule has 0 unspecified atom stereocenters. The molecule has 688 valence electrons. The van der Waals surface area contributed by atoms with Crippen molar-refractivity contribution in [2.45, 2.75) is 28.2 Å². The minimum atomic E-state index is -3.90. The molecule has 21 N–H and O–H groups in total. The second kappa shape index (κ2) is 44.2. The van der Waals surface area contributed by atoms with Gasteiger partial charge in [-0.3, -0.25) is 35.4 Å². The van der Waals surface area contributed by atoms with Crippen LogP contribution in [0.5, 0.6) is 46.0 Å². The van der Waals surface area contributed by atoms with E-state index in [0.717, 1.165) is 22.3 Å². The van der Waals surface area contributed by atoms with Gasteiger partial charge in [0.2, 0.25) is 30.1 Å². The molecule has 32 heteroatoms. The Morgan fingerprint density at radius 1 is 0.299 bits per heavy atom. The van der Waals surface area contributed by atoms with Crippen molar-refractivity contribution >= 4 is 94.0 Å². The molecule has 16 aromatic carbocycles. The fraction of sp³-hybridized carbons (Fsp3) is 0.0190. The highest BCUT2D eigenvalue weighted by atomic mass is 32.2. The third-order valence-corrected chi connectivity index (χ3v) is 23.5. The van der Waals surface area contributed by atoms with Gasteiger partial charge >= 0.3 is 0 Å². The number of carbonyl (C=O) groups excluding carboxylic acids is 4. The summed E-state index contributed by atoms with van der Waals surface area (Å²) >= 11 is 0. The minimum Gasteiger partial charge on any atom is -0.457 e. The fourth-order valence-electron chi connectivity index (χ4n) is 13.9. The first kappa shape index (κ1) is 97.2. The lowest BCUT2D eigenvalue weighted by atomic mass is 10.0. The van der Waals surface area contributed by atoms with Gasteiger partial charge in [-0.25, -0.2) is 45.1 Å². The van der Waals surface area contributed by atoms with Crippen molar-refractivity contribution < 1.29 is 67.8 Å². The number of halogens is 1. The third kappa shape index (κ3) is 25.9. The number of anilines is 4. The summed E-state index contributed by atoms with van der Waals surface area (Å²) in [6.07, 6.45) is 0. The van der Waals surface area contributed by atoms with Crippen molar-refractivity contribution in [3.05, 3.63) is 438 Å². The number of benzene rings is 16. The molecule has 0 fully saturated rings. The highest BCUT2D eigenvalue weighted by Crippen LogP contribution is 2.38. The number of hydrogen-bond donors (Lipinski definition) is 14. The van der Waals surface area contributed by atoms with Crippen LogP contribution in [-0.2, 0) is 36.6 Å². The molecule has 16 rings (SSSR count). The summed E-state index contributed by atoms with van der Waals surface area (Å²) in [6, 6.07) is 107. The van der Waals surface area contributed by atoms with E-state index >= 15 is 0 Å². The molecule has 0 bridgehead atoms. The van der Waals surface area contributed by atoms with Crippen LogP contribution >= 0.6 is 0 Å². The molecule has 0 spiro atoms. The maximum atomic E-state index is 14.8. The Morgan fingerprint density at radius 2 is 0.613 bits per heavy atom. The van der Waals surface area contributed by atoms with E-state index in [1.165, 1.54) is 24.3 Å². The number of nitrogens with two attached hydrogens (primary N) is 7. The van der Waals surface area contributed by atoms with Crippen LogP contribution < -0.4 is 78.6 Å². The Balaban J connectivity index is 0.000000154. The Morgan fingerprint density at radius 3 is 0.993 bits per heavy atom. The standard InChI is InChI=1S/C27H22FN3O2.2C26H22N4O4S.C26H23N3O4S/c1-17-7-2-3-10-21(17)18-13-14-24(23(28)16-18)31-27(32)22-11-4-5-12-25(22)33-20-9-6-8-19(15-20)26(29)30;27-25(28)19-6-5-7-20(16-19)34-23-10-3-2-9-22(23)30-26(31)18-14-12-17(13-15-18)21-8-1-4-11-24(21)35(29,32)33;27-25(28)18-6-5-7-20(16-18)34-23-10-3-1-9-22(23)26(31)30-19-14-12-17(13-15-19)21-8-2-4-11-24(21)35(29,32)33;27-17-18-6-5-7-21(16-18)33-24-10-3-1-9-23(24)26(30)29-20-14-12-19(13-15-20)22-8-2-4-11-25(22)34(28,31)32/h2-16H,1H3,(H3,29,30)(H,31,32);2*1-16H,(H3,27,28)(H,30,31)(H2,29,32,33);1-16H,17,27H2,(H,29,30)(H2,28,31,32). The average Bonchev–Trinajstić information content (AvgIpc) is 1.01. The number of aryl methyl sites for hydroxylation is 1. The Hall–Kier alpha value is -17.4. The molecule has 0 aliphatic carbocycles. The van der Waals surface area contributed by atoms with Gasteiger partial charge in [0.1, 0.15) is 63.6 Å². The number of primary sulfonamides is 3.